The molecular weight excluding hydrogens is 226 g/mol. The highest BCUT2D eigenvalue weighted by atomic mass is 32.1. The quantitative estimate of drug-likeness (QED) is 0.855. The van der Waals surface area contributed by atoms with Crippen molar-refractivity contribution in [2.45, 2.75) is 19.8 Å². The number of carbonyl (C=O) groups excluding carboxylic acids is 1. The zero-order chi connectivity index (χ0) is 12.1. The first-order valence-corrected chi connectivity index (χ1v) is 6.03. The first-order valence-electron chi connectivity index (χ1n) is 5.09. The molecule has 5 heteroatoms. The molecule has 0 radical (unpaired) electrons. The standard InChI is InChI=1S/C11H15NO3S/c1-3-12(6-10(13)14)11(15)8(2)9-4-5-16-7-9/h4-5,7-8H,3,6H2,1-2H3,(H,13,14). The molecule has 1 amide bonds. The molecule has 0 fully saturated rings. The second kappa shape index (κ2) is 5.65. The van der Waals surface area contributed by atoms with E-state index >= 15 is 0 Å². The number of carboxylic acids is 1. The van der Waals surface area contributed by atoms with Gasteiger partial charge in [0.05, 0.1) is 5.92 Å². The number of thiophene rings is 1. The lowest BCUT2D eigenvalue weighted by atomic mass is 10.0. The van der Waals surface area contributed by atoms with Crippen LogP contribution in [0.25, 0.3) is 0 Å². The molecular formula is C11H15NO3S. The summed E-state index contributed by atoms with van der Waals surface area (Å²) in [6, 6.07) is 1.89. The Hall–Kier alpha value is -1.36. The van der Waals surface area contributed by atoms with Gasteiger partial charge in [-0.3, -0.25) is 9.59 Å². The highest BCUT2D eigenvalue weighted by Gasteiger charge is 2.22. The molecule has 4 nitrogen and oxygen atoms in total. The molecule has 88 valence electrons. The van der Waals surface area contributed by atoms with Gasteiger partial charge in [-0.05, 0) is 36.2 Å². The molecule has 0 saturated carbocycles. The van der Waals surface area contributed by atoms with E-state index in [1.165, 1.54) is 16.2 Å². The van der Waals surface area contributed by atoms with Crippen LogP contribution in [0.1, 0.15) is 25.3 Å². The van der Waals surface area contributed by atoms with Gasteiger partial charge < -0.3 is 10.0 Å². The molecule has 0 saturated heterocycles. The van der Waals surface area contributed by atoms with Crippen LogP contribution in [0.3, 0.4) is 0 Å². The van der Waals surface area contributed by atoms with Crippen molar-refractivity contribution < 1.29 is 14.7 Å². The van der Waals surface area contributed by atoms with E-state index in [0.29, 0.717) is 6.54 Å². The summed E-state index contributed by atoms with van der Waals surface area (Å²) in [5.41, 5.74) is 0.943. The minimum atomic E-state index is -0.979. The Bertz CT molecular complexity index is 361. The highest BCUT2D eigenvalue weighted by molar-refractivity contribution is 7.08. The Morgan fingerprint density at radius 1 is 1.56 bits per heavy atom. The third-order valence-corrected chi connectivity index (χ3v) is 3.13. The predicted octanol–water partition coefficient (Wildman–Crippen LogP) is 1.78. The Morgan fingerprint density at radius 2 is 2.25 bits per heavy atom. The summed E-state index contributed by atoms with van der Waals surface area (Å²) in [7, 11) is 0. The van der Waals surface area contributed by atoms with Crippen LogP contribution in [0.5, 0.6) is 0 Å². The number of rotatable bonds is 5. The van der Waals surface area contributed by atoms with Gasteiger partial charge in [0.25, 0.3) is 0 Å². The summed E-state index contributed by atoms with van der Waals surface area (Å²) in [6.45, 7) is 3.76. The topological polar surface area (TPSA) is 57.6 Å². The Balaban J connectivity index is 2.71. The lowest BCUT2D eigenvalue weighted by Gasteiger charge is -2.22. The van der Waals surface area contributed by atoms with E-state index in [1.807, 2.05) is 16.8 Å². The van der Waals surface area contributed by atoms with Gasteiger partial charge in [0.1, 0.15) is 6.54 Å². The summed E-state index contributed by atoms with van der Waals surface area (Å²) in [4.78, 5) is 23.9. The Morgan fingerprint density at radius 3 is 2.69 bits per heavy atom. The predicted molar refractivity (Wildman–Crippen MR) is 62.6 cm³/mol. The first kappa shape index (κ1) is 12.7. The SMILES string of the molecule is CCN(CC(=O)O)C(=O)C(C)c1ccsc1. The number of likely N-dealkylation sites (N-methyl/N-ethyl adjacent to an activating group) is 1. The summed E-state index contributed by atoms with van der Waals surface area (Å²) in [5, 5.41) is 12.5. The maximum Gasteiger partial charge on any atom is 0.323 e. The van der Waals surface area contributed by atoms with Crippen molar-refractivity contribution in [3.63, 3.8) is 0 Å². The number of aliphatic carboxylic acids is 1. The molecule has 16 heavy (non-hydrogen) atoms. The molecule has 1 unspecified atom stereocenters. The lowest BCUT2D eigenvalue weighted by molar-refractivity contribution is -0.144. The number of amides is 1. The zero-order valence-corrected chi connectivity index (χ0v) is 10.2. The maximum atomic E-state index is 12.0. The van der Waals surface area contributed by atoms with Crippen LogP contribution in [-0.4, -0.2) is 35.0 Å². The molecule has 1 aromatic rings. The summed E-state index contributed by atoms with van der Waals surface area (Å²) >= 11 is 1.53. The second-order valence-corrected chi connectivity index (χ2v) is 4.30. The van der Waals surface area contributed by atoms with Crippen LogP contribution in [0.4, 0.5) is 0 Å². The van der Waals surface area contributed by atoms with E-state index in [0.717, 1.165) is 5.56 Å². The Labute approximate surface area is 98.5 Å². The normalized spacial score (nSPS) is 12.1. The number of hydrogen-bond donors (Lipinski definition) is 1. The van der Waals surface area contributed by atoms with E-state index in [9.17, 15) is 9.59 Å². The van der Waals surface area contributed by atoms with Crippen molar-refractivity contribution in [1.29, 1.82) is 0 Å². The lowest BCUT2D eigenvalue weighted by Crippen LogP contribution is -2.37. The van der Waals surface area contributed by atoms with Crippen LogP contribution in [-0.2, 0) is 9.59 Å². The maximum absolute atomic E-state index is 12.0. The van der Waals surface area contributed by atoms with Crippen molar-refractivity contribution in [2.24, 2.45) is 0 Å². The smallest absolute Gasteiger partial charge is 0.323 e. The third-order valence-electron chi connectivity index (χ3n) is 2.43. The molecule has 1 atom stereocenters. The van der Waals surface area contributed by atoms with Gasteiger partial charge in [0.15, 0.2) is 0 Å². The molecule has 1 rings (SSSR count). The zero-order valence-electron chi connectivity index (χ0n) is 9.34. The summed E-state index contributed by atoms with van der Waals surface area (Å²) in [5.74, 6) is -1.39. The van der Waals surface area contributed by atoms with Crippen LogP contribution < -0.4 is 0 Å². The summed E-state index contributed by atoms with van der Waals surface area (Å²) in [6.07, 6.45) is 0. The summed E-state index contributed by atoms with van der Waals surface area (Å²) < 4.78 is 0. The first-order chi connectivity index (χ1) is 7.56. The molecule has 0 aliphatic rings. The molecule has 1 aromatic heterocycles. The van der Waals surface area contributed by atoms with Crippen molar-refractivity contribution in [3.05, 3.63) is 22.4 Å². The molecule has 0 bridgehead atoms. The van der Waals surface area contributed by atoms with Gasteiger partial charge in [-0.15, -0.1) is 0 Å². The van der Waals surface area contributed by atoms with Gasteiger partial charge in [0, 0.05) is 6.54 Å². The van der Waals surface area contributed by atoms with E-state index in [2.05, 4.69) is 0 Å². The van der Waals surface area contributed by atoms with Gasteiger partial charge in [0.2, 0.25) is 5.91 Å². The number of nitrogens with zero attached hydrogens (tertiary/aromatic N) is 1. The van der Waals surface area contributed by atoms with Crippen molar-refractivity contribution in [2.75, 3.05) is 13.1 Å². The number of carboxylic acid groups (broad SMARTS) is 1. The highest BCUT2D eigenvalue weighted by Crippen LogP contribution is 2.20. The van der Waals surface area contributed by atoms with Crippen molar-refractivity contribution in [1.82, 2.24) is 4.90 Å². The fraction of sp³-hybridized carbons (Fsp3) is 0.455. The molecule has 1 N–H and O–H groups in total. The third kappa shape index (κ3) is 3.06. The fourth-order valence-electron chi connectivity index (χ4n) is 1.45. The number of carbonyl (C=O) groups is 2. The van der Waals surface area contributed by atoms with Gasteiger partial charge >= 0.3 is 5.97 Å². The molecule has 0 aromatic carbocycles. The van der Waals surface area contributed by atoms with Crippen LogP contribution in [0.2, 0.25) is 0 Å². The monoisotopic (exact) mass is 241 g/mol. The average molecular weight is 241 g/mol. The van der Waals surface area contributed by atoms with Crippen LogP contribution in [0, 0.1) is 0 Å². The van der Waals surface area contributed by atoms with E-state index in [1.54, 1.807) is 13.8 Å². The van der Waals surface area contributed by atoms with Gasteiger partial charge in [-0.2, -0.15) is 11.3 Å². The van der Waals surface area contributed by atoms with E-state index < -0.39 is 5.97 Å². The minimum Gasteiger partial charge on any atom is -0.480 e. The van der Waals surface area contributed by atoms with Crippen LogP contribution in [0.15, 0.2) is 16.8 Å². The number of hydrogen-bond acceptors (Lipinski definition) is 3. The van der Waals surface area contributed by atoms with Gasteiger partial charge in [-0.1, -0.05) is 0 Å². The second-order valence-electron chi connectivity index (χ2n) is 3.52. The largest absolute Gasteiger partial charge is 0.480 e. The van der Waals surface area contributed by atoms with Crippen molar-refractivity contribution in [3.8, 4) is 0 Å². The molecule has 0 spiro atoms. The molecule has 1 heterocycles. The van der Waals surface area contributed by atoms with E-state index in [4.69, 9.17) is 5.11 Å². The molecule has 0 aliphatic heterocycles. The minimum absolute atomic E-state index is 0.136. The average Bonchev–Trinajstić information content (AvgIpc) is 2.76. The van der Waals surface area contributed by atoms with Crippen molar-refractivity contribution >= 4 is 23.2 Å². The van der Waals surface area contributed by atoms with Gasteiger partial charge in [-0.25, -0.2) is 0 Å². The Kier molecular flexibility index (Phi) is 4.49. The molecule has 0 aliphatic carbocycles. The fourth-order valence-corrected chi connectivity index (χ4v) is 2.20. The van der Waals surface area contributed by atoms with Crippen LogP contribution >= 0.6 is 11.3 Å². The van der Waals surface area contributed by atoms with E-state index in [-0.39, 0.29) is 18.4 Å².